The molecule has 21 heavy (non-hydrogen) atoms. The number of anilines is 2. The average molecular weight is 285 g/mol. The van der Waals surface area contributed by atoms with Crippen LogP contribution >= 0.6 is 0 Å². The van der Waals surface area contributed by atoms with Gasteiger partial charge in [0.05, 0.1) is 17.8 Å². The molecule has 0 unspecified atom stereocenters. The van der Waals surface area contributed by atoms with Crippen LogP contribution in [0.15, 0.2) is 30.5 Å². The third-order valence-corrected chi connectivity index (χ3v) is 3.01. The lowest BCUT2D eigenvalue weighted by molar-refractivity contribution is 0.0951. The summed E-state index contributed by atoms with van der Waals surface area (Å²) in [6.45, 7) is 2.16. The van der Waals surface area contributed by atoms with E-state index in [0.29, 0.717) is 23.6 Å². The lowest BCUT2D eigenvalue weighted by Gasteiger charge is -2.17. The Morgan fingerprint density at radius 2 is 2.10 bits per heavy atom. The number of benzene rings is 1. The third kappa shape index (κ3) is 3.68. The van der Waals surface area contributed by atoms with Gasteiger partial charge in [0.15, 0.2) is 0 Å². The van der Waals surface area contributed by atoms with E-state index < -0.39 is 0 Å². The molecule has 0 aliphatic rings. The minimum atomic E-state index is -0.178. The zero-order chi connectivity index (χ0) is 15.4. The summed E-state index contributed by atoms with van der Waals surface area (Å²) in [5, 5.41) is 2.85. The van der Waals surface area contributed by atoms with Crippen molar-refractivity contribution in [3.63, 3.8) is 0 Å². The molecular weight excluding hydrogens is 266 g/mol. The second-order valence-corrected chi connectivity index (χ2v) is 4.95. The van der Waals surface area contributed by atoms with Gasteiger partial charge < -0.3 is 16.0 Å². The molecule has 6 nitrogen and oxygen atoms in total. The first-order chi connectivity index (χ1) is 9.97. The van der Waals surface area contributed by atoms with E-state index in [9.17, 15) is 4.79 Å². The molecule has 110 valence electrons. The first-order valence-electron chi connectivity index (χ1n) is 6.61. The van der Waals surface area contributed by atoms with Gasteiger partial charge in [-0.3, -0.25) is 4.79 Å². The monoisotopic (exact) mass is 285 g/mol. The van der Waals surface area contributed by atoms with Crippen LogP contribution in [-0.2, 0) is 6.54 Å². The molecule has 0 fully saturated rings. The van der Waals surface area contributed by atoms with Crippen molar-refractivity contribution < 1.29 is 4.79 Å². The van der Waals surface area contributed by atoms with E-state index in [4.69, 9.17) is 5.73 Å². The van der Waals surface area contributed by atoms with Crippen molar-refractivity contribution in [3.8, 4) is 0 Å². The molecule has 0 aliphatic heterocycles. The number of nitrogen functional groups attached to an aromatic ring is 1. The molecule has 0 bridgehead atoms. The zero-order valence-electron chi connectivity index (χ0n) is 12.4. The van der Waals surface area contributed by atoms with Crippen molar-refractivity contribution in [1.29, 1.82) is 0 Å². The number of hydrogen-bond acceptors (Lipinski definition) is 5. The maximum absolute atomic E-state index is 12.3. The van der Waals surface area contributed by atoms with E-state index in [0.717, 1.165) is 11.4 Å². The van der Waals surface area contributed by atoms with Crippen LogP contribution in [0.2, 0.25) is 0 Å². The minimum Gasteiger partial charge on any atom is -0.399 e. The number of nitrogens with zero attached hydrogens (tertiary/aromatic N) is 3. The molecular formula is C15H19N5O. The number of amides is 1. The first-order valence-corrected chi connectivity index (χ1v) is 6.61. The summed E-state index contributed by atoms with van der Waals surface area (Å²) < 4.78 is 0. The van der Waals surface area contributed by atoms with Gasteiger partial charge in [0.25, 0.3) is 5.91 Å². The topological polar surface area (TPSA) is 84.1 Å². The molecule has 0 saturated heterocycles. The number of rotatable bonds is 4. The highest BCUT2D eigenvalue weighted by molar-refractivity contribution is 6.00. The number of nitrogens with one attached hydrogen (secondary N) is 1. The summed E-state index contributed by atoms with van der Waals surface area (Å²) in [5.74, 6) is 0.502. The first kappa shape index (κ1) is 14.8. The molecule has 2 aromatic rings. The summed E-state index contributed by atoms with van der Waals surface area (Å²) in [5.41, 5.74) is 8.47. The zero-order valence-corrected chi connectivity index (χ0v) is 12.4. The highest BCUT2D eigenvalue weighted by atomic mass is 16.1. The second-order valence-electron chi connectivity index (χ2n) is 4.95. The van der Waals surface area contributed by atoms with Gasteiger partial charge in [0.1, 0.15) is 5.82 Å². The number of aryl methyl sites for hydroxylation is 1. The molecule has 2 rings (SSSR count). The van der Waals surface area contributed by atoms with E-state index in [1.807, 2.05) is 32.0 Å². The van der Waals surface area contributed by atoms with Gasteiger partial charge in [0.2, 0.25) is 0 Å². The molecule has 0 aliphatic carbocycles. The van der Waals surface area contributed by atoms with Crippen LogP contribution in [0.25, 0.3) is 0 Å². The predicted octanol–water partition coefficient (Wildman–Crippen LogP) is 1.36. The number of aromatic nitrogens is 2. The van der Waals surface area contributed by atoms with Crippen molar-refractivity contribution in [2.75, 3.05) is 24.7 Å². The normalized spacial score (nSPS) is 10.2. The fourth-order valence-electron chi connectivity index (χ4n) is 2.00. The molecule has 1 aromatic heterocycles. The van der Waals surface area contributed by atoms with Crippen molar-refractivity contribution in [1.82, 2.24) is 15.3 Å². The highest BCUT2D eigenvalue weighted by Gasteiger charge is 2.13. The van der Waals surface area contributed by atoms with Crippen LogP contribution in [0.3, 0.4) is 0 Å². The molecule has 0 radical (unpaired) electrons. The van der Waals surface area contributed by atoms with E-state index in [-0.39, 0.29) is 5.91 Å². The predicted molar refractivity (Wildman–Crippen MR) is 83.1 cm³/mol. The van der Waals surface area contributed by atoms with Crippen LogP contribution in [0.1, 0.15) is 21.9 Å². The largest absolute Gasteiger partial charge is 0.399 e. The van der Waals surface area contributed by atoms with E-state index >= 15 is 0 Å². The molecule has 3 N–H and O–H groups in total. The fraction of sp³-hybridized carbons (Fsp3) is 0.267. The lowest BCUT2D eigenvalue weighted by atomic mass is 10.1. The number of carbonyl (C=O) groups excluding carboxylic acids is 1. The number of hydrogen-bond donors (Lipinski definition) is 2. The summed E-state index contributed by atoms with van der Waals surface area (Å²) in [6.07, 6.45) is 1.68. The molecule has 1 heterocycles. The van der Waals surface area contributed by atoms with Crippen LogP contribution in [0, 0.1) is 6.92 Å². The van der Waals surface area contributed by atoms with E-state index in [1.165, 1.54) is 0 Å². The number of nitrogens with two attached hydrogens (primary N) is 1. The van der Waals surface area contributed by atoms with Crippen molar-refractivity contribution in [2.45, 2.75) is 13.5 Å². The lowest BCUT2D eigenvalue weighted by Crippen LogP contribution is -2.26. The maximum Gasteiger partial charge on any atom is 0.253 e. The molecule has 0 spiro atoms. The quantitative estimate of drug-likeness (QED) is 0.829. The minimum absolute atomic E-state index is 0.178. The van der Waals surface area contributed by atoms with Crippen molar-refractivity contribution in [3.05, 3.63) is 47.5 Å². The standard InChI is InChI=1S/C15H19N5O/c1-10-17-7-6-12(19-10)9-18-15(21)13-8-11(16)4-5-14(13)20(2)3/h4-8H,9,16H2,1-3H3,(H,18,21). The Morgan fingerprint density at radius 3 is 2.76 bits per heavy atom. The van der Waals surface area contributed by atoms with Crippen molar-refractivity contribution in [2.24, 2.45) is 0 Å². The summed E-state index contributed by atoms with van der Waals surface area (Å²) >= 11 is 0. The Hall–Kier alpha value is -2.63. The SMILES string of the molecule is Cc1nccc(CNC(=O)c2cc(N)ccc2N(C)C)n1. The molecule has 6 heteroatoms. The van der Waals surface area contributed by atoms with Gasteiger partial charge >= 0.3 is 0 Å². The van der Waals surface area contributed by atoms with Crippen LogP contribution < -0.4 is 16.0 Å². The summed E-state index contributed by atoms with van der Waals surface area (Å²) in [7, 11) is 3.77. The fourth-order valence-corrected chi connectivity index (χ4v) is 2.00. The molecule has 1 aromatic carbocycles. The van der Waals surface area contributed by atoms with Gasteiger partial charge in [-0.25, -0.2) is 9.97 Å². The van der Waals surface area contributed by atoms with Crippen LogP contribution in [0.5, 0.6) is 0 Å². The smallest absolute Gasteiger partial charge is 0.253 e. The van der Waals surface area contributed by atoms with Gasteiger partial charge in [-0.1, -0.05) is 0 Å². The van der Waals surface area contributed by atoms with Crippen molar-refractivity contribution >= 4 is 17.3 Å². The van der Waals surface area contributed by atoms with E-state index in [1.54, 1.807) is 24.4 Å². The van der Waals surface area contributed by atoms with Gasteiger partial charge in [-0.2, -0.15) is 0 Å². The molecule has 1 amide bonds. The van der Waals surface area contributed by atoms with Gasteiger partial charge in [-0.05, 0) is 31.2 Å². The van der Waals surface area contributed by atoms with Crippen LogP contribution in [-0.4, -0.2) is 30.0 Å². The Balaban J connectivity index is 2.15. The second kappa shape index (κ2) is 6.21. The van der Waals surface area contributed by atoms with Crippen LogP contribution in [0.4, 0.5) is 11.4 Å². The average Bonchev–Trinajstić information content (AvgIpc) is 2.44. The summed E-state index contributed by atoms with van der Waals surface area (Å²) in [6, 6.07) is 7.06. The molecule has 0 saturated carbocycles. The third-order valence-electron chi connectivity index (χ3n) is 3.01. The Labute approximate surface area is 124 Å². The Morgan fingerprint density at radius 1 is 1.33 bits per heavy atom. The molecule has 0 atom stereocenters. The number of carbonyl (C=O) groups is 1. The Kier molecular flexibility index (Phi) is 4.37. The van der Waals surface area contributed by atoms with E-state index in [2.05, 4.69) is 15.3 Å². The van der Waals surface area contributed by atoms with Gasteiger partial charge in [-0.15, -0.1) is 0 Å². The Bertz CT molecular complexity index is 654. The highest BCUT2D eigenvalue weighted by Crippen LogP contribution is 2.21. The van der Waals surface area contributed by atoms with Gasteiger partial charge in [0, 0.05) is 31.7 Å². The summed E-state index contributed by atoms with van der Waals surface area (Å²) in [4.78, 5) is 22.5. The maximum atomic E-state index is 12.3.